The summed E-state index contributed by atoms with van der Waals surface area (Å²) >= 11 is 0. The lowest BCUT2D eigenvalue weighted by molar-refractivity contribution is -0.146. The Morgan fingerprint density at radius 2 is 1.24 bits per heavy atom. The van der Waals surface area contributed by atoms with E-state index >= 15 is 0 Å². The van der Waals surface area contributed by atoms with Crippen molar-refractivity contribution in [3.05, 3.63) is 108 Å². The van der Waals surface area contributed by atoms with Crippen LogP contribution in [0.4, 0.5) is 0 Å². The van der Waals surface area contributed by atoms with Crippen LogP contribution in [0.3, 0.4) is 0 Å². The van der Waals surface area contributed by atoms with E-state index in [9.17, 15) is 9.59 Å². The molecule has 2 unspecified atom stereocenters. The number of esters is 1. The van der Waals surface area contributed by atoms with Crippen LogP contribution in [0.2, 0.25) is 0 Å². The van der Waals surface area contributed by atoms with Crippen molar-refractivity contribution in [3.63, 3.8) is 0 Å². The second kappa shape index (κ2) is 11.4. The topological polar surface area (TPSA) is 67.4 Å². The Labute approximate surface area is 196 Å². The summed E-state index contributed by atoms with van der Waals surface area (Å²) in [6, 6.07) is 29.5. The minimum Gasteiger partial charge on any atom is -0.467 e. The number of ether oxygens (including phenoxy) is 1. The van der Waals surface area contributed by atoms with Gasteiger partial charge in [-0.3, -0.25) is 10.1 Å². The molecule has 0 saturated heterocycles. The van der Waals surface area contributed by atoms with Gasteiger partial charge in [0.15, 0.2) is 0 Å². The summed E-state index contributed by atoms with van der Waals surface area (Å²) in [5.41, 5.74) is 2.29. The molecule has 172 valence electrons. The molecule has 0 radical (unpaired) electrons. The average Bonchev–Trinajstić information content (AvgIpc) is 2.88. The van der Waals surface area contributed by atoms with Crippen LogP contribution in [0.25, 0.3) is 0 Å². The number of carbonyl (C=O) groups is 2. The number of hydrogen-bond donors (Lipinski definition) is 2. The summed E-state index contributed by atoms with van der Waals surface area (Å²) in [5, 5.41) is 6.41. The first-order valence-electron chi connectivity index (χ1n) is 11.3. The maximum absolute atomic E-state index is 13.1. The molecule has 5 heteroatoms. The Balaban J connectivity index is 1.99. The van der Waals surface area contributed by atoms with Gasteiger partial charge in [-0.1, -0.05) is 111 Å². The Hall–Kier alpha value is -3.44. The molecule has 3 rings (SSSR count). The monoisotopic (exact) mass is 444 g/mol. The highest BCUT2D eigenvalue weighted by molar-refractivity contribution is 5.85. The predicted octanol–water partition coefficient (Wildman–Crippen LogP) is 4.27. The van der Waals surface area contributed by atoms with Crippen LogP contribution in [0.5, 0.6) is 0 Å². The first kappa shape index (κ1) is 24.2. The molecule has 1 amide bonds. The Kier molecular flexibility index (Phi) is 8.39. The molecule has 0 aliphatic heterocycles. The maximum Gasteiger partial charge on any atom is 0.328 e. The molecule has 0 spiro atoms. The van der Waals surface area contributed by atoms with E-state index in [0.29, 0.717) is 0 Å². The smallest absolute Gasteiger partial charge is 0.328 e. The number of carbonyl (C=O) groups excluding carboxylic acids is 2. The Morgan fingerprint density at radius 1 is 0.818 bits per heavy atom. The summed E-state index contributed by atoms with van der Waals surface area (Å²) < 4.78 is 4.92. The molecule has 0 aromatic heterocycles. The van der Waals surface area contributed by atoms with Gasteiger partial charge in [-0.05, 0) is 22.6 Å². The van der Waals surface area contributed by atoms with Gasteiger partial charge in [0.05, 0.1) is 19.2 Å². The third-order valence-electron chi connectivity index (χ3n) is 6.12. The van der Waals surface area contributed by atoms with Crippen molar-refractivity contribution < 1.29 is 14.3 Å². The summed E-state index contributed by atoms with van der Waals surface area (Å²) in [6.45, 7) is 3.93. The van der Waals surface area contributed by atoms with Crippen LogP contribution in [-0.4, -0.2) is 31.6 Å². The number of amides is 1. The average molecular weight is 445 g/mol. The van der Waals surface area contributed by atoms with Gasteiger partial charge >= 0.3 is 5.97 Å². The van der Waals surface area contributed by atoms with E-state index in [1.807, 2.05) is 68.4 Å². The van der Waals surface area contributed by atoms with Crippen LogP contribution in [0.1, 0.15) is 37.0 Å². The fourth-order valence-electron chi connectivity index (χ4n) is 4.10. The normalized spacial score (nSPS) is 13.1. The molecular formula is C28H32N2O3. The predicted molar refractivity (Wildman–Crippen MR) is 131 cm³/mol. The lowest BCUT2D eigenvalue weighted by atomic mass is 9.77. The Morgan fingerprint density at radius 3 is 1.61 bits per heavy atom. The van der Waals surface area contributed by atoms with Gasteiger partial charge in [-0.2, -0.15) is 0 Å². The molecule has 5 nitrogen and oxygen atoms in total. The fraction of sp³-hybridized carbons (Fsp3) is 0.286. The highest BCUT2D eigenvalue weighted by atomic mass is 16.5. The molecule has 33 heavy (non-hydrogen) atoms. The lowest BCUT2D eigenvalue weighted by Crippen LogP contribution is -2.52. The highest BCUT2D eigenvalue weighted by Gasteiger charge is 2.36. The highest BCUT2D eigenvalue weighted by Crippen LogP contribution is 2.36. The van der Waals surface area contributed by atoms with Crippen molar-refractivity contribution in [2.75, 3.05) is 13.7 Å². The molecule has 0 fully saturated rings. The zero-order valence-corrected chi connectivity index (χ0v) is 19.5. The number of rotatable bonds is 10. The van der Waals surface area contributed by atoms with Gasteiger partial charge in [0.1, 0.15) is 6.04 Å². The minimum absolute atomic E-state index is 0.0165. The van der Waals surface area contributed by atoms with Gasteiger partial charge in [0.2, 0.25) is 5.91 Å². The molecule has 3 aromatic rings. The van der Waals surface area contributed by atoms with Crippen LogP contribution < -0.4 is 10.6 Å². The first-order valence-corrected chi connectivity index (χ1v) is 11.3. The van der Waals surface area contributed by atoms with Crippen LogP contribution in [-0.2, 0) is 19.9 Å². The molecule has 0 heterocycles. The zero-order chi connectivity index (χ0) is 23.7. The van der Waals surface area contributed by atoms with Crippen molar-refractivity contribution in [1.82, 2.24) is 10.6 Å². The molecular weight excluding hydrogens is 412 g/mol. The van der Waals surface area contributed by atoms with Crippen LogP contribution in [0.15, 0.2) is 91.0 Å². The van der Waals surface area contributed by atoms with Crippen LogP contribution in [0, 0.1) is 5.92 Å². The third-order valence-corrected chi connectivity index (χ3v) is 6.12. The number of hydrogen-bond acceptors (Lipinski definition) is 4. The van der Waals surface area contributed by atoms with Gasteiger partial charge in [-0.25, -0.2) is 4.79 Å². The zero-order valence-electron chi connectivity index (χ0n) is 19.5. The molecule has 0 bridgehead atoms. The van der Waals surface area contributed by atoms with E-state index in [1.165, 1.54) is 7.11 Å². The Bertz CT molecular complexity index is 926. The third kappa shape index (κ3) is 5.49. The molecule has 0 aliphatic rings. The minimum atomic E-state index is -0.752. The molecule has 2 atom stereocenters. The van der Waals surface area contributed by atoms with Gasteiger partial charge < -0.3 is 10.1 Å². The van der Waals surface area contributed by atoms with Crippen molar-refractivity contribution in [3.8, 4) is 0 Å². The fourth-order valence-corrected chi connectivity index (χ4v) is 4.10. The van der Waals surface area contributed by atoms with Crippen molar-refractivity contribution in [2.24, 2.45) is 5.92 Å². The van der Waals surface area contributed by atoms with E-state index in [1.54, 1.807) is 0 Å². The SMILES string of the molecule is CCC(C)C(NC(=O)CNC(c1ccccc1)(c1ccccc1)c1ccccc1)C(=O)OC. The number of nitrogens with one attached hydrogen (secondary N) is 2. The molecule has 3 aromatic carbocycles. The second-order valence-electron chi connectivity index (χ2n) is 8.16. The van der Waals surface area contributed by atoms with Crippen molar-refractivity contribution >= 4 is 11.9 Å². The number of benzene rings is 3. The second-order valence-corrected chi connectivity index (χ2v) is 8.16. The van der Waals surface area contributed by atoms with Gasteiger partial charge in [-0.15, -0.1) is 0 Å². The summed E-state index contributed by atoms with van der Waals surface area (Å²) in [7, 11) is 1.34. The van der Waals surface area contributed by atoms with E-state index in [2.05, 4.69) is 47.0 Å². The summed E-state index contributed by atoms with van der Waals surface area (Å²) in [4.78, 5) is 25.3. The van der Waals surface area contributed by atoms with E-state index in [4.69, 9.17) is 4.74 Å². The summed E-state index contributed by atoms with van der Waals surface area (Å²) in [5.74, 6) is -0.737. The van der Waals surface area contributed by atoms with E-state index in [-0.39, 0.29) is 18.4 Å². The standard InChI is InChI=1S/C28H32N2O3/c1-4-21(2)26(27(32)33-3)30-25(31)20-29-28(22-14-8-5-9-15-22,23-16-10-6-11-17-23)24-18-12-7-13-19-24/h5-19,21,26,29H,4,20H2,1-3H3,(H,30,31). The van der Waals surface area contributed by atoms with E-state index in [0.717, 1.165) is 23.1 Å². The molecule has 0 saturated carbocycles. The van der Waals surface area contributed by atoms with Crippen molar-refractivity contribution in [2.45, 2.75) is 31.8 Å². The van der Waals surface area contributed by atoms with Crippen molar-refractivity contribution in [1.29, 1.82) is 0 Å². The largest absolute Gasteiger partial charge is 0.467 e. The number of methoxy groups -OCH3 is 1. The van der Waals surface area contributed by atoms with E-state index < -0.39 is 17.6 Å². The maximum atomic E-state index is 13.1. The van der Waals surface area contributed by atoms with Crippen LogP contribution >= 0.6 is 0 Å². The quantitative estimate of drug-likeness (QED) is 0.362. The lowest BCUT2D eigenvalue weighted by Gasteiger charge is -2.37. The van der Waals surface area contributed by atoms with Gasteiger partial charge in [0.25, 0.3) is 0 Å². The first-order chi connectivity index (χ1) is 16.0. The molecule has 2 N–H and O–H groups in total. The van der Waals surface area contributed by atoms with Gasteiger partial charge in [0, 0.05) is 0 Å². The molecule has 0 aliphatic carbocycles. The summed E-state index contributed by atoms with van der Waals surface area (Å²) in [6.07, 6.45) is 0.745.